The molecule has 0 spiro atoms. The zero-order valence-electron chi connectivity index (χ0n) is 64.2. The fourth-order valence-electron chi connectivity index (χ4n) is 12.0. The van der Waals surface area contributed by atoms with Crippen molar-refractivity contribution in [1.82, 2.24) is 4.98 Å². The number of carbonyl (C=O) groups excluding carboxylic acids is 1. The van der Waals surface area contributed by atoms with Gasteiger partial charge in [0, 0.05) is 63.0 Å². The fraction of sp³-hybridized carbons (Fsp3) is 0.414. The molecule has 5 aromatic rings. The number of nitrogens with one attached hydrogen (secondary N) is 1. The molecule has 4 aromatic carbocycles. The Bertz CT molecular complexity index is 4350. The number of amidine groups is 5. The summed E-state index contributed by atoms with van der Waals surface area (Å²) < 4.78 is 38.5. The summed E-state index contributed by atoms with van der Waals surface area (Å²) in [5, 5.41) is 9.44. The van der Waals surface area contributed by atoms with Crippen LogP contribution in [0.5, 0.6) is 34.5 Å². The molecule has 0 unspecified atom stereocenters. The van der Waals surface area contributed by atoms with Gasteiger partial charge in [-0.15, -0.1) is 0 Å². The number of nitrogens with zero attached hydrogens (tertiary/aromatic N) is 8. The van der Waals surface area contributed by atoms with Crippen LogP contribution < -0.4 is 38.7 Å². The largest absolute Gasteiger partial charge is 2.00 e. The number of benzene rings is 4. The third-order valence-corrected chi connectivity index (χ3v) is 18.3. The monoisotopic (exact) mass is 1450 g/mol. The van der Waals surface area contributed by atoms with Gasteiger partial charge in [0.1, 0.15) is 0 Å². The number of aromatic nitrogens is 1. The van der Waals surface area contributed by atoms with Gasteiger partial charge >= 0.3 is 19.5 Å². The summed E-state index contributed by atoms with van der Waals surface area (Å²) >= 11 is 0. The van der Waals surface area contributed by atoms with E-state index in [0.717, 1.165) is 110 Å². The summed E-state index contributed by atoms with van der Waals surface area (Å²) in [6.07, 6.45) is 41.4. The Labute approximate surface area is 631 Å². The standard InChI is InChI=1S/C87H108N9O7.Zn/c1-15-21-44-98-73-50-63-57-89-80(66(63)52-74(73)99-45-22-16-2)92-82-67-51-64(90-86(97)62(11)37-30-36-59(8)33-28-27-32-58(7)34-29-35-60(9)39-42-72-61(10)38-31-43-87(72,12)13)40-41-65(67)81(93-82)94-84-70-55-77(102-48-25-19-5)78(103-49-26-20-6)56-71(70)85(96-84)95-83-69-54-76(101-47-24-18-4)75(100-46-23-17-3)53-68(69)79(88-14)91-83;/h27-30,32-37,39-42,50-57H,15-26,31,38,43-49H2,1-14H3,(H2-,88,89,90,91,92,93,94,95,96,97);/q-1;+2/p-1/b28-27+,34-29+,36-30+,42-39+,58-32+,59-33+,60-35+,62-37+;. The molecule has 16 nitrogen and oxygen atoms in total. The summed E-state index contributed by atoms with van der Waals surface area (Å²) in [6.45, 7) is 31.0. The normalized spacial score (nSPS) is 16.8. The molecule has 4 aliphatic rings. The Hall–Kier alpha value is -9.21. The predicted octanol–water partition coefficient (Wildman–Crippen LogP) is 21.9. The quantitative estimate of drug-likeness (QED) is 0.0177. The number of fused-ring (bicyclic) bond motifs is 4. The maximum absolute atomic E-state index is 14.1. The molecule has 1 amide bonds. The minimum absolute atomic E-state index is 0. The van der Waals surface area contributed by atoms with Gasteiger partial charge in [0.15, 0.2) is 34.5 Å². The first-order valence-corrected chi connectivity index (χ1v) is 37.4. The molecule has 0 saturated heterocycles. The van der Waals surface area contributed by atoms with Crippen LogP contribution in [0.1, 0.15) is 220 Å². The van der Waals surface area contributed by atoms with Crippen LogP contribution in [0, 0.1) is 5.41 Å². The average Bonchev–Trinajstić information content (AvgIpc) is 1.60. The van der Waals surface area contributed by atoms with E-state index in [2.05, 4.69) is 123 Å². The zero-order valence-corrected chi connectivity index (χ0v) is 67.2. The van der Waals surface area contributed by atoms with Gasteiger partial charge in [-0.05, 0) is 181 Å². The molecule has 1 N–H and O–H groups in total. The number of unbranched alkanes of at least 4 members (excludes halogenated alkanes) is 6. The van der Waals surface area contributed by atoms with Gasteiger partial charge in [0.05, 0.1) is 57.1 Å². The van der Waals surface area contributed by atoms with Crippen molar-refractivity contribution in [3.63, 3.8) is 0 Å². The number of rotatable bonds is 36. The van der Waals surface area contributed by atoms with E-state index in [-0.39, 0.29) is 30.8 Å². The second-order valence-corrected chi connectivity index (χ2v) is 27.4. The number of hydrogen-bond donors (Lipinski definition) is 1. The van der Waals surface area contributed by atoms with E-state index >= 15 is 0 Å². The van der Waals surface area contributed by atoms with Crippen LogP contribution >= 0.6 is 0 Å². The minimum atomic E-state index is -0.272. The SMILES string of the molecule is CCCCOc1cc2c(cc1OCCCC)C(=Nc1[n-]c(N=C3N=C(N=C4[N-]C(=NC)c5cc(OCCCC)c(OCCCC)cc54)c4cc(OCCCC)c(OCCCC)cc43)c3ccc(NC(=O)/C(C)=C/C=C/C(C)=C/C=C/C=C(C)/C=C/C=C(C)/C=C/C4=C(C)CCCC4(C)C)cc13)N=C2.[Zn+2]. The second kappa shape index (κ2) is 40.2. The number of anilines is 1. The molecule has 104 heavy (non-hydrogen) atoms. The first-order valence-electron chi connectivity index (χ1n) is 37.4. The maximum atomic E-state index is 14.1. The summed E-state index contributed by atoms with van der Waals surface area (Å²) in [6, 6.07) is 17.4. The van der Waals surface area contributed by atoms with Crippen LogP contribution in [0.3, 0.4) is 0 Å². The Balaban J connectivity index is 0.0000137. The van der Waals surface area contributed by atoms with Crippen LogP contribution in [-0.2, 0) is 24.3 Å². The van der Waals surface area contributed by atoms with Crippen LogP contribution in [0.2, 0.25) is 0 Å². The van der Waals surface area contributed by atoms with Gasteiger partial charge in [-0.1, -0.05) is 195 Å². The van der Waals surface area contributed by atoms with Crippen molar-refractivity contribution in [2.45, 2.75) is 186 Å². The third kappa shape index (κ3) is 21.7. The first kappa shape index (κ1) is 80.5. The first-order chi connectivity index (χ1) is 50.0. The molecule has 1 aromatic heterocycles. The van der Waals surface area contributed by atoms with E-state index in [1.807, 2.05) is 98.0 Å². The van der Waals surface area contributed by atoms with Crippen molar-refractivity contribution >= 4 is 69.4 Å². The molecule has 4 heterocycles. The molecule has 9 rings (SSSR count). The number of ether oxygens (including phenoxy) is 6. The number of aliphatic imine (C=N–C) groups is 6. The molecule has 17 heteroatoms. The van der Waals surface area contributed by atoms with Gasteiger partial charge in [-0.2, -0.15) is 0 Å². The summed E-state index contributed by atoms with van der Waals surface area (Å²) in [4.78, 5) is 49.9. The van der Waals surface area contributed by atoms with Crippen LogP contribution in [0.4, 0.5) is 17.3 Å². The Kier molecular flexibility index (Phi) is 31.1. The molecular weight excluding hydrogens is 1350 g/mol. The topological polar surface area (TPSA) is 187 Å². The van der Waals surface area contributed by atoms with Crippen molar-refractivity contribution in [3.8, 4) is 34.5 Å². The number of hydrogen-bond acceptors (Lipinski definition) is 11. The smallest absolute Gasteiger partial charge is 0.490 e. The van der Waals surface area contributed by atoms with E-state index in [9.17, 15) is 4.79 Å². The van der Waals surface area contributed by atoms with E-state index in [1.54, 1.807) is 20.2 Å². The maximum Gasteiger partial charge on any atom is 2.00 e. The average molecular weight is 1460 g/mol. The Morgan fingerprint density at radius 3 is 1.56 bits per heavy atom. The predicted molar refractivity (Wildman–Crippen MR) is 428 cm³/mol. The number of carbonyl (C=O) groups is 1. The second-order valence-electron chi connectivity index (χ2n) is 27.4. The summed E-state index contributed by atoms with van der Waals surface area (Å²) in [7, 11) is 1.72. The zero-order chi connectivity index (χ0) is 73.3. The summed E-state index contributed by atoms with van der Waals surface area (Å²) in [5.41, 5.74) is 12.1. The van der Waals surface area contributed by atoms with Crippen LogP contribution in [0.15, 0.2) is 191 Å². The van der Waals surface area contributed by atoms with Gasteiger partial charge in [-0.3, -0.25) is 9.79 Å². The van der Waals surface area contributed by atoms with Crippen molar-refractivity contribution in [2.24, 2.45) is 35.4 Å². The van der Waals surface area contributed by atoms with Crippen molar-refractivity contribution in [2.75, 3.05) is 52.0 Å². The molecule has 544 valence electrons. The minimum Gasteiger partial charge on any atom is -0.490 e. The van der Waals surface area contributed by atoms with Crippen LogP contribution in [-0.4, -0.2) is 88.0 Å². The summed E-state index contributed by atoms with van der Waals surface area (Å²) in [5.74, 6) is 6.14. The fourth-order valence-corrected chi connectivity index (χ4v) is 12.0. The van der Waals surface area contributed by atoms with E-state index in [1.165, 1.54) is 36.0 Å². The van der Waals surface area contributed by atoms with Crippen molar-refractivity contribution in [1.29, 1.82) is 0 Å². The van der Waals surface area contributed by atoms with E-state index in [4.69, 9.17) is 63.7 Å². The third-order valence-electron chi connectivity index (χ3n) is 18.3. The van der Waals surface area contributed by atoms with Gasteiger partial charge in [0.2, 0.25) is 0 Å². The molecule has 1 aliphatic carbocycles. The number of allylic oxidation sites excluding steroid dienone is 17. The molecule has 3 aliphatic heterocycles. The molecule has 0 radical (unpaired) electrons. The number of amides is 1. The van der Waals surface area contributed by atoms with Gasteiger partial charge in [-0.25, -0.2) is 4.99 Å². The molecule has 0 saturated carbocycles. The molecule has 0 bridgehead atoms. The van der Waals surface area contributed by atoms with Gasteiger partial charge < -0.3 is 64.0 Å². The molecular formula is C87H107N9O7Zn. The Morgan fingerprint density at radius 2 is 1.02 bits per heavy atom. The van der Waals surface area contributed by atoms with Crippen LogP contribution in [0.25, 0.3) is 16.1 Å². The van der Waals surface area contributed by atoms with Gasteiger partial charge in [0.25, 0.3) is 5.91 Å². The Morgan fingerprint density at radius 1 is 0.548 bits per heavy atom. The molecule has 0 fully saturated rings. The van der Waals surface area contributed by atoms with E-state index in [0.29, 0.717) is 148 Å². The molecule has 0 atom stereocenters. The van der Waals surface area contributed by atoms with Crippen molar-refractivity contribution < 1.29 is 52.7 Å². The van der Waals surface area contributed by atoms with E-state index < -0.39 is 0 Å². The van der Waals surface area contributed by atoms with Crippen molar-refractivity contribution in [3.05, 3.63) is 200 Å².